The van der Waals surface area contributed by atoms with Crippen LogP contribution in [0.1, 0.15) is 1.43 Å². The molecule has 6 heteroatoms. The average Bonchev–Trinajstić information content (AvgIpc) is 1.62. The quantitative estimate of drug-likeness (QED) is 0.251. The van der Waals surface area contributed by atoms with Crippen LogP contribution < -0.4 is 29.6 Å². The molecule has 0 fully saturated rings. The molecule has 0 saturated carbocycles. The van der Waals surface area contributed by atoms with E-state index in [0.717, 1.165) is 6.08 Å². The van der Waals surface area contributed by atoms with Gasteiger partial charge in [-0.2, -0.15) is 8.42 Å². The van der Waals surface area contributed by atoms with Crippen molar-refractivity contribution in [2.75, 3.05) is 0 Å². The van der Waals surface area contributed by atoms with Gasteiger partial charge in [0.1, 0.15) is 0 Å². The fourth-order valence-corrected chi connectivity index (χ4v) is 0.365. The number of hydrogen-bond donors (Lipinski definition) is 2. The van der Waals surface area contributed by atoms with Crippen LogP contribution >= 0.6 is 0 Å². The summed E-state index contributed by atoms with van der Waals surface area (Å²) in [7, 11) is -4.32. The van der Waals surface area contributed by atoms with Gasteiger partial charge >= 0.3 is 29.6 Å². The first-order valence-corrected chi connectivity index (χ1v) is 3.25. The van der Waals surface area contributed by atoms with E-state index in [-0.39, 0.29) is 31.0 Å². The van der Waals surface area contributed by atoms with E-state index in [9.17, 15) is 8.42 Å². The molecule has 9 heavy (non-hydrogen) atoms. The molecule has 0 aromatic rings. The van der Waals surface area contributed by atoms with E-state index in [0.29, 0.717) is 0 Å². The molecule has 0 bridgehead atoms. The first-order chi connectivity index (χ1) is 3.48. The number of aliphatic hydroxyl groups is 1. The maximum atomic E-state index is 9.80. The molecule has 0 rings (SSSR count). The largest absolute Gasteiger partial charge is 1.00 e. The van der Waals surface area contributed by atoms with Crippen molar-refractivity contribution in [3.8, 4) is 0 Å². The second-order valence-electron chi connectivity index (χ2n) is 1.14. The summed E-state index contributed by atoms with van der Waals surface area (Å²) in [6.07, 6.45) is 0.718. The molecular formula is C3H7NaO4S. The Morgan fingerprint density at radius 2 is 2.00 bits per heavy atom. The molecule has 0 saturated heterocycles. The molecule has 1 atom stereocenters. The monoisotopic (exact) mass is 162 g/mol. The van der Waals surface area contributed by atoms with Crippen LogP contribution in [0, 0.1) is 0 Å². The zero-order chi connectivity index (χ0) is 6.78. The van der Waals surface area contributed by atoms with E-state index in [2.05, 4.69) is 6.58 Å². The van der Waals surface area contributed by atoms with Crippen molar-refractivity contribution in [1.82, 2.24) is 0 Å². The Morgan fingerprint density at radius 1 is 1.67 bits per heavy atom. The summed E-state index contributed by atoms with van der Waals surface area (Å²) in [4.78, 5) is 0. The molecule has 50 valence electrons. The molecule has 0 heterocycles. The Hall–Kier alpha value is 0.610. The molecule has 0 aliphatic heterocycles. The van der Waals surface area contributed by atoms with Crippen molar-refractivity contribution in [3.05, 3.63) is 12.7 Å². The van der Waals surface area contributed by atoms with E-state index in [1.54, 1.807) is 0 Å². The molecular weight excluding hydrogens is 155 g/mol. The van der Waals surface area contributed by atoms with Crippen molar-refractivity contribution in [3.63, 3.8) is 0 Å². The van der Waals surface area contributed by atoms with Crippen molar-refractivity contribution in [2.45, 2.75) is 5.44 Å². The predicted octanol–water partition coefficient (Wildman–Crippen LogP) is -3.50. The minimum atomic E-state index is -4.32. The molecule has 1 unspecified atom stereocenters. The SMILES string of the molecule is C=CC(O)S(=O)(=O)O.[H-].[Na+]. The maximum Gasteiger partial charge on any atom is 1.00 e. The third-order valence-corrected chi connectivity index (χ3v) is 1.31. The van der Waals surface area contributed by atoms with Crippen LogP contribution in [0.4, 0.5) is 0 Å². The summed E-state index contributed by atoms with van der Waals surface area (Å²) in [6, 6.07) is 0. The molecule has 4 nitrogen and oxygen atoms in total. The third kappa shape index (κ3) is 5.07. The average molecular weight is 162 g/mol. The summed E-state index contributed by atoms with van der Waals surface area (Å²) >= 11 is 0. The van der Waals surface area contributed by atoms with Crippen LogP contribution in [0.25, 0.3) is 0 Å². The van der Waals surface area contributed by atoms with E-state index in [1.807, 2.05) is 0 Å². The summed E-state index contributed by atoms with van der Waals surface area (Å²) in [5.41, 5.74) is -1.86. The summed E-state index contributed by atoms with van der Waals surface area (Å²) in [5.74, 6) is 0. The Balaban J connectivity index is -0.000000245. The van der Waals surface area contributed by atoms with E-state index in [1.165, 1.54) is 0 Å². The van der Waals surface area contributed by atoms with E-state index in [4.69, 9.17) is 9.66 Å². The van der Waals surface area contributed by atoms with Crippen molar-refractivity contribution in [1.29, 1.82) is 0 Å². The second-order valence-corrected chi connectivity index (χ2v) is 2.65. The number of rotatable bonds is 2. The standard InChI is InChI=1S/C3H6O4S.Na.H/c1-2-3(4)8(5,6)7;;/h2-4H,1H2,(H,5,6,7);;/q;+1;-1. The molecule has 0 spiro atoms. The fraction of sp³-hybridized carbons (Fsp3) is 0.333. The Bertz CT molecular complexity index is 177. The van der Waals surface area contributed by atoms with Gasteiger partial charge in [0.25, 0.3) is 10.1 Å². The van der Waals surface area contributed by atoms with Crippen molar-refractivity contribution < 1.29 is 49.1 Å². The zero-order valence-electron chi connectivity index (χ0n) is 5.98. The fourth-order valence-electron chi connectivity index (χ4n) is 0.122. The number of aliphatic hydroxyl groups excluding tert-OH is 1. The third-order valence-electron chi connectivity index (χ3n) is 0.507. The first kappa shape index (κ1) is 12.3. The van der Waals surface area contributed by atoms with E-state index < -0.39 is 15.6 Å². The van der Waals surface area contributed by atoms with Gasteiger partial charge in [0.2, 0.25) is 0 Å². The van der Waals surface area contributed by atoms with Crippen molar-refractivity contribution in [2.24, 2.45) is 0 Å². The van der Waals surface area contributed by atoms with Gasteiger partial charge in [0.15, 0.2) is 5.44 Å². The van der Waals surface area contributed by atoms with Crippen LogP contribution in [0.3, 0.4) is 0 Å². The summed E-state index contributed by atoms with van der Waals surface area (Å²) in [6.45, 7) is 2.94. The van der Waals surface area contributed by atoms with Gasteiger partial charge in [0.05, 0.1) is 0 Å². The van der Waals surface area contributed by atoms with Crippen LogP contribution in [0.15, 0.2) is 12.7 Å². The first-order valence-electron chi connectivity index (χ1n) is 1.75. The smallest absolute Gasteiger partial charge is 1.00 e. The molecule has 0 aliphatic carbocycles. The molecule has 0 aliphatic rings. The van der Waals surface area contributed by atoms with Crippen LogP contribution in [-0.4, -0.2) is 23.5 Å². The van der Waals surface area contributed by atoms with Gasteiger partial charge in [-0.3, -0.25) is 4.55 Å². The van der Waals surface area contributed by atoms with Gasteiger partial charge in [0, 0.05) is 0 Å². The normalized spacial score (nSPS) is 13.6. The van der Waals surface area contributed by atoms with Gasteiger partial charge < -0.3 is 6.53 Å². The summed E-state index contributed by atoms with van der Waals surface area (Å²) in [5, 5.41) is 8.24. The van der Waals surface area contributed by atoms with Gasteiger partial charge in [-0.05, 0) is 6.08 Å². The van der Waals surface area contributed by atoms with Gasteiger partial charge in [-0.1, -0.05) is 6.58 Å². The second kappa shape index (κ2) is 4.43. The topological polar surface area (TPSA) is 74.6 Å². The minimum absolute atomic E-state index is 0. The maximum absolute atomic E-state index is 9.80. The number of hydrogen-bond acceptors (Lipinski definition) is 3. The predicted molar refractivity (Wildman–Crippen MR) is 28.9 cm³/mol. The van der Waals surface area contributed by atoms with Crippen LogP contribution in [0.5, 0.6) is 0 Å². The van der Waals surface area contributed by atoms with Crippen LogP contribution in [-0.2, 0) is 10.1 Å². The molecule has 0 aromatic carbocycles. The Morgan fingerprint density at radius 3 is 2.00 bits per heavy atom. The van der Waals surface area contributed by atoms with Crippen LogP contribution in [0.2, 0.25) is 0 Å². The minimum Gasteiger partial charge on any atom is -1.00 e. The van der Waals surface area contributed by atoms with E-state index >= 15 is 0 Å². The summed E-state index contributed by atoms with van der Waals surface area (Å²) < 4.78 is 27.5. The Labute approximate surface area is 77.1 Å². The zero-order valence-corrected chi connectivity index (χ0v) is 7.80. The molecule has 0 radical (unpaired) electrons. The van der Waals surface area contributed by atoms with Gasteiger partial charge in [-0.15, -0.1) is 0 Å². The Kier molecular flexibility index (Phi) is 6.05. The van der Waals surface area contributed by atoms with Crippen molar-refractivity contribution >= 4 is 10.1 Å². The van der Waals surface area contributed by atoms with Gasteiger partial charge in [-0.25, -0.2) is 0 Å². The molecule has 0 amide bonds. The molecule has 0 aromatic heterocycles. The molecule has 2 N–H and O–H groups in total.